The van der Waals surface area contributed by atoms with Crippen LogP contribution in [0.15, 0.2) is 30.5 Å². The molecule has 3 N–H and O–H groups in total. The second-order valence-corrected chi connectivity index (χ2v) is 3.96. The number of rotatable bonds is 2. The van der Waals surface area contributed by atoms with Crippen LogP contribution in [0, 0.1) is 6.92 Å². The topological polar surface area (TPSA) is 58.9 Å². The average Bonchev–Trinajstić information content (AvgIpc) is 2.58. The second kappa shape index (κ2) is 4.02. The van der Waals surface area contributed by atoms with Gasteiger partial charge in [0, 0.05) is 17.5 Å². The molecule has 1 heterocycles. The number of nitrogens with one attached hydrogen (secondary N) is 1. The lowest BCUT2D eigenvalue weighted by atomic mass is 10.0. The smallest absolute Gasteiger partial charge is 0.198 e. The van der Waals surface area contributed by atoms with Crippen LogP contribution in [-0.4, -0.2) is 10.8 Å². The first kappa shape index (κ1) is 10.8. The van der Waals surface area contributed by atoms with Gasteiger partial charge in [-0.25, -0.2) is 0 Å². The third-order valence-electron chi connectivity index (χ3n) is 2.45. The van der Waals surface area contributed by atoms with Crippen molar-refractivity contribution in [1.82, 2.24) is 4.98 Å². The van der Waals surface area contributed by atoms with Crippen molar-refractivity contribution in [3.8, 4) is 0 Å². The van der Waals surface area contributed by atoms with Gasteiger partial charge in [-0.3, -0.25) is 4.79 Å². The predicted molar refractivity (Wildman–Crippen MR) is 64.8 cm³/mol. The first-order chi connectivity index (χ1) is 7.61. The van der Waals surface area contributed by atoms with Crippen molar-refractivity contribution in [2.24, 2.45) is 0 Å². The van der Waals surface area contributed by atoms with Crippen LogP contribution < -0.4 is 5.73 Å². The van der Waals surface area contributed by atoms with Gasteiger partial charge in [0.25, 0.3) is 0 Å². The molecular formula is C12H11ClN2O. The van der Waals surface area contributed by atoms with E-state index in [9.17, 15) is 4.79 Å². The van der Waals surface area contributed by atoms with Crippen LogP contribution in [-0.2, 0) is 0 Å². The minimum atomic E-state index is -0.151. The van der Waals surface area contributed by atoms with Crippen LogP contribution >= 0.6 is 11.6 Å². The highest BCUT2D eigenvalue weighted by Crippen LogP contribution is 2.24. The molecule has 0 bridgehead atoms. The fourth-order valence-corrected chi connectivity index (χ4v) is 1.85. The Morgan fingerprint density at radius 1 is 1.38 bits per heavy atom. The van der Waals surface area contributed by atoms with Crippen molar-refractivity contribution in [1.29, 1.82) is 0 Å². The lowest BCUT2D eigenvalue weighted by molar-refractivity contribution is 0.103. The zero-order chi connectivity index (χ0) is 11.7. The molecule has 1 aromatic heterocycles. The number of nitrogens with two attached hydrogens (primary N) is 1. The molecule has 0 aliphatic heterocycles. The standard InChI is InChI=1S/C12H11ClN2O/c1-7-11(10(14)6-15-7)12(16)8-4-2-3-5-9(8)13/h2-6,15H,14H2,1H3. The highest BCUT2D eigenvalue weighted by molar-refractivity contribution is 6.35. The zero-order valence-corrected chi connectivity index (χ0v) is 9.51. The molecule has 1 aromatic carbocycles. The van der Waals surface area contributed by atoms with Gasteiger partial charge in [0.05, 0.1) is 16.3 Å². The Labute approximate surface area is 98.2 Å². The Balaban J connectivity index is 2.52. The number of halogens is 1. The van der Waals surface area contributed by atoms with Gasteiger partial charge in [0.15, 0.2) is 5.78 Å². The number of aryl methyl sites for hydroxylation is 1. The van der Waals surface area contributed by atoms with Crippen LogP contribution in [0.4, 0.5) is 5.69 Å². The number of aromatic nitrogens is 1. The number of H-pyrrole nitrogens is 1. The van der Waals surface area contributed by atoms with Crippen LogP contribution in [0.1, 0.15) is 21.6 Å². The van der Waals surface area contributed by atoms with Crippen molar-refractivity contribution >= 4 is 23.1 Å². The number of benzene rings is 1. The fraction of sp³-hybridized carbons (Fsp3) is 0.0833. The number of nitrogen functional groups attached to an aromatic ring is 1. The third-order valence-corrected chi connectivity index (χ3v) is 2.78. The maximum absolute atomic E-state index is 12.2. The predicted octanol–water partition coefficient (Wildman–Crippen LogP) is 2.79. The molecular weight excluding hydrogens is 224 g/mol. The number of ketones is 1. The molecule has 2 rings (SSSR count). The van der Waals surface area contributed by atoms with Gasteiger partial charge in [-0.15, -0.1) is 0 Å². The van der Waals surface area contributed by atoms with Crippen molar-refractivity contribution in [3.05, 3.63) is 52.3 Å². The van der Waals surface area contributed by atoms with E-state index in [2.05, 4.69) is 4.98 Å². The van der Waals surface area contributed by atoms with E-state index in [4.69, 9.17) is 17.3 Å². The van der Waals surface area contributed by atoms with Gasteiger partial charge in [-0.2, -0.15) is 0 Å². The van der Waals surface area contributed by atoms with E-state index in [1.807, 2.05) is 0 Å². The molecule has 0 amide bonds. The number of carbonyl (C=O) groups is 1. The van der Waals surface area contributed by atoms with Gasteiger partial charge < -0.3 is 10.7 Å². The van der Waals surface area contributed by atoms with E-state index in [1.54, 1.807) is 37.4 Å². The van der Waals surface area contributed by atoms with Crippen molar-refractivity contribution in [3.63, 3.8) is 0 Å². The molecule has 0 atom stereocenters. The van der Waals surface area contributed by atoms with Crippen molar-refractivity contribution in [2.75, 3.05) is 5.73 Å². The van der Waals surface area contributed by atoms with Crippen LogP contribution in [0.3, 0.4) is 0 Å². The summed E-state index contributed by atoms with van der Waals surface area (Å²) in [5.41, 5.74) is 7.90. The minimum absolute atomic E-state index is 0.151. The van der Waals surface area contributed by atoms with Gasteiger partial charge in [0.2, 0.25) is 0 Å². The highest BCUT2D eigenvalue weighted by atomic mass is 35.5. The lowest BCUT2D eigenvalue weighted by Crippen LogP contribution is -2.05. The third kappa shape index (κ3) is 1.70. The molecule has 82 valence electrons. The molecule has 0 saturated heterocycles. The van der Waals surface area contributed by atoms with Crippen molar-refractivity contribution in [2.45, 2.75) is 6.92 Å². The summed E-state index contributed by atoms with van der Waals surface area (Å²) in [4.78, 5) is 15.1. The van der Waals surface area contributed by atoms with E-state index in [0.29, 0.717) is 21.8 Å². The van der Waals surface area contributed by atoms with Gasteiger partial charge in [-0.05, 0) is 19.1 Å². The molecule has 16 heavy (non-hydrogen) atoms. The highest BCUT2D eigenvalue weighted by Gasteiger charge is 2.18. The largest absolute Gasteiger partial charge is 0.397 e. The number of carbonyl (C=O) groups excluding carboxylic acids is 1. The quantitative estimate of drug-likeness (QED) is 0.785. The van der Waals surface area contributed by atoms with E-state index >= 15 is 0 Å². The molecule has 0 fully saturated rings. The van der Waals surface area contributed by atoms with Crippen LogP contribution in [0.2, 0.25) is 5.02 Å². The van der Waals surface area contributed by atoms with Crippen LogP contribution in [0.5, 0.6) is 0 Å². The SMILES string of the molecule is Cc1[nH]cc(N)c1C(=O)c1ccccc1Cl. The molecule has 2 aromatic rings. The summed E-state index contributed by atoms with van der Waals surface area (Å²) in [6.45, 7) is 1.81. The Morgan fingerprint density at radius 3 is 2.62 bits per heavy atom. The zero-order valence-electron chi connectivity index (χ0n) is 8.75. The Morgan fingerprint density at radius 2 is 2.06 bits per heavy atom. The van der Waals surface area contributed by atoms with E-state index in [0.717, 1.165) is 5.69 Å². The first-order valence-electron chi connectivity index (χ1n) is 4.84. The molecule has 3 nitrogen and oxygen atoms in total. The summed E-state index contributed by atoms with van der Waals surface area (Å²) in [6, 6.07) is 6.94. The maximum Gasteiger partial charge on any atom is 0.198 e. The number of hydrogen-bond donors (Lipinski definition) is 2. The monoisotopic (exact) mass is 234 g/mol. The summed E-state index contributed by atoms with van der Waals surface area (Å²) >= 11 is 5.97. The summed E-state index contributed by atoms with van der Waals surface area (Å²) in [5.74, 6) is -0.151. The summed E-state index contributed by atoms with van der Waals surface area (Å²) in [6.07, 6.45) is 1.61. The molecule has 0 saturated carbocycles. The van der Waals surface area contributed by atoms with Crippen molar-refractivity contribution < 1.29 is 4.79 Å². The van der Waals surface area contributed by atoms with E-state index < -0.39 is 0 Å². The molecule has 0 spiro atoms. The number of hydrogen-bond acceptors (Lipinski definition) is 2. The summed E-state index contributed by atoms with van der Waals surface area (Å²) in [7, 11) is 0. The fourth-order valence-electron chi connectivity index (χ4n) is 1.63. The molecule has 0 unspecified atom stereocenters. The second-order valence-electron chi connectivity index (χ2n) is 3.55. The van der Waals surface area contributed by atoms with Crippen LogP contribution in [0.25, 0.3) is 0 Å². The number of anilines is 1. The summed E-state index contributed by atoms with van der Waals surface area (Å²) < 4.78 is 0. The van der Waals surface area contributed by atoms with Gasteiger partial charge in [-0.1, -0.05) is 23.7 Å². The van der Waals surface area contributed by atoms with E-state index in [1.165, 1.54) is 0 Å². The molecule has 0 aliphatic carbocycles. The Bertz CT molecular complexity index is 526. The Kier molecular flexibility index (Phi) is 2.71. The normalized spacial score (nSPS) is 10.4. The van der Waals surface area contributed by atoms with E-state index in [-0.39, 0.29) is 5.78 Å². The number of aromatic amines is 1. The molecule has 4 heteroatoms. The average molecular weight is 235 g/mol. The van der Waals surface area contributed by atoms with Gasteiger partial charge in [0.1, 0.15) is 0 Å². The maximum atomic E-state index is 12.2. The Hall–Kier alpha value is -1.74. The lowest BCUT2D eigenvalue weighted by Gasteiger charge is -2.03. The summed E-state index contributed by atoms with van der Waals surface area (Å²) in [5, 5.41) is 0.438. The minimum Gasteiger partial charge on any atom is -0.397 e. The molecule has 0 radical (unpaired) electrons. The first-order valence-corrected chi connectivity index (χ1v) is 5.21. The molecule has 0 aliphatic rings. The van der Waals surface area contributed by atoms with Gasteiger partial charge >= 0.3 is 0 Å².